The van der Waals surface area contributed by atoms with Crippen LogP contribution in [0.5, 0.6) is 0 Å². The molecule has 6 heteroatoms. The quantitative estimate of drug-likeness (QED) is 0.477. The number of nitro groups is 1. The third-order valence-electron chi connectivity index (χ3n) is 1.04. The minimum Gasteiger partial charge on any atom is -0.257 e. The van der Waals surface area contributed by atoms with E-state index < -0.39 is 4.92 Å². The van der Waals surface area contributed by atoms with Gasteiger partial charge in [0.2, 0.25) is 0 Å². The molecule has 0 unspecified atom stereocenters. The van der Waals surface area contributed by atoms with E-state index in [9.17, 15) is 10.1 Å². The van der Waals surface area contributed by atoms with Crippen molar-refractivity contribution < 1.29 is 4.92 Å². The number of aryl methyl sites for hydroxylation is 1. The Bertz CT molecular complexity index is 246. The number of rotatable bonds is 2. The molecule has 0 radical (unpaired) electrons. The first-order valence-electron chi connectivity index (χ1n) is 2.71. The normalized spacial score (nSPS) is 9.70. The van der Waals surface area contributed by atoms with E-state index in [1.165, 1.54) is 0 Å². The Morgan fingerprint density at radius 3 is 2.90 bits per heavy atom. The van der Waals surface area contributed by atoms with E-state index in [0.717, 1.165) is 11.5 Å². The highest BCUT2D eigenvalue weighted by atomic mass is 32.1. The Morgan fingerprint density at radius 1 is 1.80 bits per heavy atom. The van der Waals surface area contributed by atoms with E-state index >= 15 is 0 Å². The van der Waals surface area contributed by atoms with Crippen molar-refractivity contribution in [2.24, 2.45) is 0 Å². The highest BCUT2D eigenvalue weighted by Gasteiger charge is 2.16. The maximum absolute atomic E-state index is 10.2. The van der Waals surface area contributed by atoms with Gasteiger partial charge in [0, 0.05) is 0 Å². The first-order chi connectivity index (χ1) is 4.75. The lowest BCUT2D eigenvalue weighted by Gasteiger charge is -1.84. The SMILES string of the molecule is CCc1nnsc1[N+](=O)[O-]. The van der Waals surface area contributed by atoms with Crippen LogP contribution in [-0.2, 0) is 6.42 Å². The van der Waals surface area contributed by atoms with E-state index in [0.29, 0.717) is 12.1 Å². The summed E-state index contributed by atoms with van der Waals surface area (Å²) >= 11 is 0.822. The summed E-state index contributed by atoms with van der Waals surface area (Å²) in [6.45, 7) is 1.81. The van der Waals surface area contributed by atoms with E-state index in [1.807, 2.05) is 6.92 Å². The van der Waals surface area contributed by atoms with Crippen molar-refractivity contribution in [3.63, 3.8) is 0 Å². The zero-order valence-corrected chi connectivity index (χ0v) is 6.09. The molecule has 0 aliphatic rings. The lowest BCUT2D eigenvalue weighted by molar-refractivity contribution is -0.381. The summed E-state index contributed by atoms with van der Waals surface area (Å²) in [7, 11) is 0. The van der Waals surface area contributed by atoms with Gasteiger partial charge in [-0.25, -0.2) is 0 Å². The van der Waals surface area contributed by atoms with Crippen LogP contribution in [0.4, 0.5) is 5.00 Å². The van der Waals surface area contributed by atoms with Crippen molar-refractivity contribution in [3.05, 3.63) is 15.8 Å². The van der Waals surface area contributed by atoms with Crippen LogP contribution in [0.3, 0.4) is 0 Å². The zero-order valence-electron chi connectivity index (χ0n) is 5.27. The summed E-state index contributed by atoms with van der Waals surface area (Å²) in [4.78, 5) is 9.72. The second kappa shape index (κ2) is 2.70. The number of aromatic nitrogens is 2. The first-order valence-corrected chi connectivity index (χ1v) is 3.48. The molecule has 1 aromatic heterocycles. The van der Waals surface area contributed by atoms with Gasteiger partial charge in [-0.05, 0) is 6.42 Å². The van der Waals surface area contributed by atoms with Crippen LogP contribution in [0.15, 0.2) is 0 Å². The predicted octanol–water partition coefficient (Wildman–Crippen LogP) is 1.01. The fourth-order valence-electron chi connectivity index (χ4n) is 0.564. The van der Waals surface area contributed by atoms with Crippen LogP contribution < -0.4 is 0 Å². The van der Waals surface area contributed by atoms with Crippen molar-refractivity contribution in [1.82, 2.24) is 9.59 Å². The molecule has 0 aliphatic carbocycles. The highest BCUT2D eigenvalue weighted by molar-refractivity contribution is 7.09. The molecule has 0 fully saturated rings. The molecule has 1 heterocycles. The molecule has 0 spiro atoms. The standard InChI is InChI=1S/C4H5N3O2S/c1-2-3-4(7(8)9)10-6-5-3/h2H2,1H3. The number of hydrogen-bond donors (Lipinski definition) is 0. The van der Waals surface area contributed by atoms with Crippen LogP contribution >= 0.6 is 11.5 Å². The zero-order chi connectivity index (χ0) is 7.56. The van der Waals surface area contributed by atoms with Gasteiger partial charge < -0.3 is 0 Å². The second-order valence-corrected chi connectivity index (χ2v) is 2.37. The molecule has 0 amide bonds. The third kappa shape index (κ3) is 1.10. The molecule has 5 nitrogen and oxygen atoms in total. The molecule has 0 saturated heterocycles. The summed E-state index contributed by atoms with van der Waals surface area (Å²) in [5.74, 6) is 0. The summed E-state index contributed by atoms with van der Waals surface area (Å²) in [5.41, 5.74) is 0.468. The Balaban J connectivity index is 3.01. The molecular formula is C4H5N3O2S. The molecule has 1 rings (SSSR count). The van der Waals surface area contributed by atoms with Crippen LogP contribution in [0.25, 0.3) is 0 Å². The van der Waals surface area contributed by atoms with Crippen molar-refractivity contribution >= 4 is 16.5 Å². The second-order valence-electron chi connectivity index (χ2n) is 1.64. The molecule has 0 N–H and O–H groups in total. The van der Waals surface area contributed by atoms with Crippen LogP contribution in [0, 0.1) is 10.1 Å². The van der Waals surface area contributed by atoms with Gasteiger partial charge in [0.1, 0.15) is 0 Å². The van der Waals surface area contributed by atoms with Crippen molar-refractivity contribution in [2.75, 3.05) is 0 Å². The van der Waals surface area contributed by atoms with Gasteiger partial charge in [-0.1, -0.05) is 11.4 Å². The maximum atomic E-state index is 10.2. The molecule has 0 bridgehead atoms. The van der Waals surface area contributed by atoms with E-state index in [4.69, 9.17) is 0 Å². The number of hydrogen-bond acceptors (Lipinski definition) is 5. The minimum atomic E-state index is -0.455. The van der Waals surface area contributed by atoms with Crippen molar-refractivity contribution in [1.29, 1.82) is 0 Å². The van der Waals surface area contributed by atoms with Gasteiger partial charge in [0.15, 0.2) is 5.69 Å². The summed E-state index contributed by atoms with van der Waals surface area (Å²) in [5, 5.41) is 13.8. The Labute approximate surface area is 61.0 Å². The summed E-state index contributed by atoms with van der Waals surface area (Å²) < 4.78 is 3.46. The molecule has 1 aromatic rings. The minimum absolute atomic E-state index is 0.0579. The fraction of sp³-hybridized carbons (Fsp3) is 0.500. The van der Waals surface area contributed by atoms with Gasteiger partial charge >= 0.3 is 5.00 Å². The van der Waals surface area contributed by atoms with Gasteiger partial charge in [-0.15, -0.1) is 5.10 Å². The molecule has 0 aliphatic heterocycles. The molecule has 54 valence electrons. The van der Waals surface area contributed by atoms with E-state index in [-0.39, 0.29) is 5.00 Å². The topological polar surface area (TPSA) is 68.9 Å². The summed E-state index contributed by atoms with van der Waals surface area (Å²) in [6.07, 6.45) is 0.562. The van der Waals surface area contributed by atoms with Gasteiger partial charge in [-0.2, -0.15) is 0 Å². The smallest absolute Gasteiger partial charge is 0.257 e. The molecule has 0 saturated carbocycles. The van der Waals surface area contributed by atoms with Crippen LogP contribution in [-0.4, -0.2) is 14.5 Å². The average Bonchev–Trinajstić information content (AvgIpc) is 2.33. The Hall–Kier alpha value is -1.04. The first kappa shape index (κ1) is 7.07. The number of nitrogens with zero attached hydrogens (tertiary/aromatic N) is 3. The monoisotopic (exact) mass is 159 g/mol. The fourth-order valence-corrected chi connectivity index (χ4v) is 1.14. The molecular weight excluding hydrogens is 154 g/mol. The Kier molecular flexibility index (Phi) is 1.91. The highest BCUT2D eigenvalue weighted by Crippen LogP contribution is 2.19. The Morgan fingerprint density at radius 2 is 2.50 bits per heavy atom. The maximum Gasteiger partial charge on any atom is 0.366 e. The summed E-state index contributed by atoms with van der Waals surface area (Å²) in [6, 6.07) is 0. The third-order valence-corrected chi connectivity index (χ3v) is 1.76. The molecule has 0 atom stereocenters. The van der Waals surface area contributed by atoms with Gasteiger partial charge in [-0.3, -0.25) is 10.1 Å². The van der Waals surface area contributed by atoms with E-state index in [2.05, 4.69) is 9.59 Å². The average molecular weight is 159 g/mol. The van der Waals surface area contributed by atoms with Gasteiger partial charge in [0.05, 0.1) is 16.5 Å². The molecule has 10 heavy (non-hydrogen) atoms. The van der Waals surface area contributed by atoms with Crippen molar-refractivity contribution in [2.45, 2.75) is 13.3 Å². The van der Waals surface area contributed by atoms with Crippen LogP contribution in [0.1, 0.15) is 12.6 Å². The predicted molar refractivity (Wildman–Crippen MR) is 35.9 cm³/mol. The van der Waals surface area contributed by atoms with Crippen LogP contribution in [0.2, 0.25) is 0 Å². The van der Waals surface area contributed by atoms with Gasteiger partial charge in [0.25, 0.3) is 0 Å². The lowest BCUT2D eigenvalue weighted by Crippen LogP contribution is -1.89. The largest absolute Gasteiger partial charge is 0.366 e. The van der Waals surface area contributed by atoms with Crippen molar-refractivity contribution in [3.8, 4) is 0 Å². The molecule has 0 aromatic carbocycles. The lowest BCUT2D eigenvalue weighted by atomic mass is 10.4. The van der Waals surface area contributed by atoms with E-state index in [1.54, 1.807) is 0 Å².